The first-order valence-electron chi connectivity index (χ1n) is 13.1. The van der Waals surface area contributed by atoms with Crippen molar-refractivity contribution < 1.29 is 23.1 Å². The lowest BCUT2D eigenvalue weighted by Gasteiger charge is -2.32. The van der Waals surface area contributed by atoms with Crippen molar-refractivity contribution in [1.29, 1.82) is 5.26 Å². The van der Waals surface area contributed by atoms with Gasteiger partial charge < -0.3 is 20.3 Å². The molecule has 1 aliphatic rings. The summed E-state index contributed by atoms with van der Waals surface area (Å²) in [4.78, 5) is 32.4. The van der Waals surface area contributed by atoms with Crippen LogP contribution in [0.5, 0.6) is 5.75 Å². The first-order valence-corrected chi connectivity index (χ1v) is 13.5. The van der Waals surface area contributed by atoms with Gasteiger partial charge in [-0.05, 0) is 37.1 Å². The third-order valence-corrected chi connectivity index (χ3v) is 7.00. The Kier molecular flexibility index (Phi) is 8.89. The molecule has 12 nitrogen and oxygen atoms in total. The zero-order chi connectivity index (χ0) is 29.6. The molecule has 1 fully saturated rings. The number of carbonyl (C=O) groups is 2. The molecule has 0 atom stereocenters. The minimum atomic E-state index is -3.12. The highest BCUT2D eigenvalue weighted by atomic mass is 35.5. The molecule has 2 N–H and O–H groups in total. The summed E-state index contributed by atoms with van der Waals surface area (Å²) in [5.41, 5.74) is 0.816. The molecule has 2 amide bonds. The number of aromatic nitrogens is 5. The third kappa shape index (κ3) is 6.64. The molecular weight excluding hydrogens is 572 g/mol. The van der Waals surface area contributed by atoms with E-state index in [4.69, 9.17) is 21.6 Å². The van der Waals surface area contributed by atoms with Crippen molar-refractivity contribution in [1.82, 2.24) is 34.6 Å². The van der Waals surface area contributed by atoms with Gasteiger partial charge in [0.2, 0.25) is 5.91 Å². The van der Waals surface area contributed by atoms with Crippen LogP contribution in [0, 0.1) is 11.3 Å². The molecule has 1 saturated heterocycles. The molecular formula is C27H26ClF2N9O3. The quantitative estimate of drug-likeness (QED) is 0.264. The Morgan fingerprint density at radius 2 is 2.07 bits per heavy atom. The number of anilines is 1. The number of piperidine rings is 1. The summed E-state index contributed by atoms with van der Waals surface area (Å²) in [5, 5.41) is 23.6. The van der Waals surface area contributed by atoms with Crippen molar-refractivity contribution in [3.8, 4) is 23.1 Å². The normalized spacial score (nSPS) is 13.8. The van der Waals surface area contributed by atoms with E-state index in [0.29, 0.717) is 31.7 Å². The molecule has 5 rings (SSSR count). The van der Waals surface area contributed by atoms with E-state index in [-0.39, 0.29) is 51.8 Å². The number of benzene rings is 1. The fourth-order valence-corrected chi connectivity index (χ4v) is 4.93. The van der Waals surface area contributed by atoms with Crippen molar-refractivity contribution in [2.45, 2.75) is 38.5 Å². The lowest BCUT2D eigenvalue weighted by atomic mass is 10.0. The number of rotatable bonds is 10. The Morgan fingerprint density at radius 3 is 2.83 bits per heavy atom. The molecule has 0 spiro atoms. The van der Waals surface area contributed by atoms with Crippen LogP contribution in [0.15, 0.2) is 49.1 Å². The average molecular weight is 598 g/mol. The van der Waals surface area contributed by atoms with Crippen molar-refractivity contribution in [3.05, 3.63) is 59.6 Å². The zero-order valence-electron chi connectivity index (χ0n) is 22.2. The maximum atomic E-state index is 13.3. The monoisotopic (exact) mass is 597 g/mol. The van der Waals surface area contributed by atoms with Crippen LogP contribution >= 0.6 is 11.6 Å². The number of hydrogen-bond acceptors (Lipinski definition) is 8. The highest BCUT2D eigenvalue weighted by Crippen LogP contribution is 2.37. The fraction of sp³-hybridized carbons (Fsp3) is 0.333. The standard InChI is InChI=1S/C27H26ClF2N9O3/c28-17-3-4-22(42-27(29)30)19(13-17)24-21(35-26(41)20-14-34-39-10-2-9-33-25(20)39)15-38(36-24)16-23(40)37-11-5-18(6-12-37)32-8-1-7-31/h2-4,9-10,13-15,18,27,32H,1,5-6,8,11-12,16H2,(H,35,41). The number of amides is 2. The molecule has 0 aliphatic carbocycles. The van der Waals surface area contributed by atoms with Gasteiger partial charge in [0.15, 0.2) is 5.65 Å². The van der Waals surface area contributed by atoms with Gasteiger partial charge in [0.05, 0.1) is 18.0 Å². The first-order chi connectivity index (χ1) is 20.3. The van der Waals surface area contributed by atoms with Gasteiger partial charge in [-0.15, -0.1) is 0 Å². The maximum Gasteiger partial charge on any atom is 0.387 e. The number of nitrogens with zero attached hydrogens (tertiary/aromatic N) is 7. The SMILES string of the molecule is N#CCCNC1CCN(C(=O)Cn2cc(NC(=O)c3cnn4cccnc34)c(-c3cc(Cl)ccc3OC(F)F)n2)CC1. The van der Waals surface area contributed by atoms with Gasteiger partial charge in [-0.25, -0.2) is 9.50 Å². The summed E-state index contributed by atoms with van der Waals surface area (Å²) in [7, 11) is 0. The second kappa shape index (κ2) is 12.9. The van der Waals surface area contributed by atoms with E-state index in [1.807, 2.05) is 0 Å². The van der Waals surface area contributed by atoms with Gasteiger partial charge in [-0.2, -0.15) is 24.2 Å². The Morgan fingerprint density at radius 1 is 1.26 bits per heavy atom. The minimum absolute atomic E-state index is 0.0825. The van der Waals surface area contributed by atoms with Crippen LogP contribution < -0.4 is 15.4 Å². The zero-order valence-corrected chi connectivity index (χ0v) is 23.0. The van der Waals surface area contributed by atoms with E-state index in [0.717, 1.165) is 12.8 Å². The number of halogens is 3. The van der Waals surface area contributed by atoms with Crippen molar-refractivity contribution in [2.75, 3.05) is 25.0 Å². The Hall–Kier alpha value is -4.61. The molecule has 1 aliphatic heterocycles. The van der Waals surface area contributed by atoms with E-state index in [1.165, 1.54) is 46.0 Å². The van der Waals surface area contributed by atoms with Crippen LogP contribution in [0.3, 0.4) is 0 Å². The summed E-state index contributed by atoms with van der Waals surface area (Å²) in [6, 6.07) is 8.06. The molecule has 0 radical (unpaired) electrons. The summed E-state index contributed by atoms with van der Waals surface area (Å²) in [5.74, 6) is -0.968. The molecule has 0 unspecified atom stereocenters. The second-order valence-electron chi connectivity index (χ2n) is 9.53. The fourth-order valence-electron chi connectivity index (χ4n) is 4.76. The lowest BCUT2D eigenvalue weighted by Crippen LogP contribution is -2.46. The number of fused-ring (bicyclic) bond motifs is 1. The summed E-state index contributed by atoms with van der Waals surface area (Å²) in [6.07, 6.45) is 7.88. The molecule has 3 aromatic heterocycles. The van der Waals surface area contributed by atoms with Gasteiger partial charge >= 0.3 is 6.61 Å². The Labute approximate surface area is 243 Å². The van der Waals surface area contributed by atoms with Gasteiger partial charge in [0, 0.05) is 61.3 Å². The van der Waals surface area contributed by atoms with E-state index in [2.05, 4.69) is 31.9 Å². The summed E-state index contributed by atoms with van der Waals surface area (Å²) in [6.45, 7) is -1.61. The number of likely N-dealkylation sites (tertiary alicyclic amines) is 1. The van der Waals surface area contributed by atoms with Gasteiger partial charge in [0.25, 0.3) is 5.91 Å². The Bertz CT molecular complexity index is 1630. The van der Waals surface area contributed by atoms with Crippen LogP contribution in [0.4, 0.5) is 14.5 Å². The number of hydrogen-bond donors (Lipinski definition) is 2. The van der Waals surface area contributed by atoms with Crippen LogP contribution in [0.1, 0.15) is 29.6 Å². The molecule has 15 heteroatoms. The van der Waals surface area contributed by atoms with Gasteiger partial charge in [-0.3, -0.25) is 14.3 Å². The highest BCUT2D eigenvalue weighted by Gasteiger charge is 2.25. The van der Waals surface area contributed by atoms with Crippen LogP contribution in [-0.4, -0.2) is 73.4 Å². The highest BCUT2D eigenvalue weighted by molar-refractivity contribution is 6.31. The average Bonchev–Trinajstić information content (AvgIpc) is 3.58. The van der Waals surface area contributed by atoms with Crippen LogP contribution in [-0.2, 0) is 11.3 Å². The molecule has 4 aromatic rings. The third-order valence-electron chi connectivity index (χ3n) is 6.76. The predicted octanol–water partition coefficient (Wildman–Crippen LogP) is 3.59. The van der Waals surface area contributed by atoms with Crippen molar-refractivity contribution in [3.63, 3.8) is 0 Å². The second-order valence-corrected chi connectivity index (χ2v) is 9.96. The lowest BCUT2D eigenvalue weighted by molar-refractivity contribution is -0.133. The number of ether oxygens (including phenoxy) is 1. The van der Waals surface area contributed by atoms with Gasteiger partial charge in [0.1, 0.15) is 23.6 Å². The molecule has 1 aromatic carbocycles. The smallest absolute Gasteiger partial charge is 0.387 e. The van der Waals surface area contributed by atoms with E-state index in [1.54, 1.807) is 17.2 Å². The van der Waals surface area contributed by atoms with E-state index >= 15 is 0 Å². The largest absolute Gasteiger partial charge is 0.434 e. The minimum Gasteiger partial charge on any atom is -0.434 e. The molecule has 4 heterocycles. The number of nitriles is 1. The number of carbonyl (C=O) groups excluding carboxylic acids is 2. The molecule has 218 valence electrons. The molecule has 42 heavy (non-hydrogen) atoms. The Balaban J connectivity index is 1.40. The summed E-state index contributed by atoms with van der Waals surface area (Å²) < 4.78 is 33.9. The number of alkyl halides is 2. The van der Waals surface area contributed by atoms with Gasteiger partial charge in [-0.1, -0.05) is 11.6 Å². The van der Waals surface area contributed by atoms with E-state index in [9.17, 15) is 18.4 Å². The van der Waals surface area contributed by atoms with Crippen molar-refractivity contribution >= 4 is 34.7 Å². The first kappa shape index (κ1) is 28.9. The predicted molar refractivity (Wildman–Crippen MR) is 148 cm³/mol. The van der Waals surface area contributed by atoms with E-state index < -0.39 is 12.5 Å². The van der Waals surface area contributed by atoms with Crippen molar-refractivity contribution in [2.24, 2.45) is 0 Å². The van der Waals surface area contributed by atoms with Crippen LogP contribution in [0.25, 0.3) is 16.9 Å². The van der Waals surface area contributed by atoms with Crippen LogP contribution in [0.2, 0.25) is 5.02 Å². The maximum absolute atomic E-state index is 13.3. The topological polar surface area (TPSA) is 142 Å². The summed E-state index contributed by atoms with van der Waals surface area (Å²) >= 11 is 6.19. The number of nitrogens with one attached hydrogen (secondary N) is 2. The molecule has 0 bridgehead atoms. The molecule has 0 saturated carbocycles.